The SMILES string of the molecule is CC(C)c1cn(C)cc1Cl. The molecule has 1 aromatic rings. The van der Waals surface area contributed by atoms with Crippen LogP contribution in [-0.2, 0) is 7.05 Å². The summed E-state index contributed by atoms with van der Waals surface area (Å²) in [5, 5.41) is 0.873. The van der Waals surface area contributed by atoms with Gasteiger partial charge in [-0.3, -0.25) is 0 Å². The van der Waals surface area contributed by atoms with Gasteiger partial charge in [0.15, 0.2) is 0 Å². The maximum Gasteiger partial charge on any atom is 0.0617 e. The number of hydrogen-bond donors (Lipinski definition) is 0. The van der Waals surface area contributed by atoms with Crippen molar-refractivity contribution >= 4 is 11.6 Å². The van der Waals surface area contributed by atoms with Crippen molar-refractivity contribution in [3.63, 3.8) is 0 Å². The van der Waals surface area contributed by atoms with E-state index in [-0.39, 0.29) is 0 Å². The Hall–Kier alpha value is -0.430. The molecule has 0 amide bonds. The largest absolute Gasteiger partial charge is 0.355 e. The quantitative estimate of drug-likeness (QED) is 0.591. The van der Waals surface area contributed by atoms with E-state index in [1.165, 1.54) is 5.56 Å². The van der Waals surface area contributed by atoms with Gasteiger partial charge in [0.25, 0.3) is 0 Å². The van der Waals surface area contributed by atoms with E-state index in [0.29, 0.717) is 5.92 Å². The van der Waals surface area contributed by atoms with E-state index < -0.39 is 0 Å². The molecule has 0 saturated heterocycles. The molecule has 2 heteroatoms. The predicted octanol–water partition coefficient (Wildman–Crippen LogP) is 2.80. The zero-order valence-corrected chi connectivity index (χ0v) is 7.31. The summed E-state index contributed by atoms with van der Waals surface area (Å²) in [7, 11) is 1.98. The smallest absolute Gasteiger partial charge is 0.0617 e. The average Bonchev–Trinajstić information content (AvgIpc) is 2.10. The van der Waals surface area contributed by atoms with Gasteiger partial charge in [0.2, 0.25) is 0 Å². The third-order valence-electron chi connectivity index (χ3n) is 1.56. The van der Waals surface area contributed by atoms with Gasteiger partial charge in [0, 0.05) is 19.4 Å². The Labute approximate surface area is 66.6 Å². The second kappa shape index (κ2) is 2.67. The second-order valence-electron chi connectivity index (χ2n) is 2.88. The van der Waals surface area contributed by atoms with Crippen molar-refractivity contribution in [3.05, 3.63) is 23.0 Å². The summed E-state index contributed by atoms with van der Waals surface area (Å²) in [4.78, 5) is 0. The summed E-state index contributed by atoms with van der Waals surface area (Å²) in [6.07, 6.45) is 3.99. The Morgan fingerprint density at radius 3 is 2.20 bits per heavy atom. The average molecular weight is 158 g/mol. The molecule has 1 aromatic heterocycles. The van der Waals surface area contributed by atoms with E-state index in [4.69, 9.17) is 11.6 Å². The second-order valence-corrected chi connectivity index (χ2v) is 3.29. The molecule has 0 fully saturated rings. The van der Waals surface area contributed by atoms with Crippen molar-refractivity contribution in [1.29, 1.82) is 0 Å². The maximum atomic E-state index is 5.92. The molecule has 56 valence electrons. The fourth-order valence-electron chi connectivity index (χ4n) is 0.996. The number of halogens is 1. The van der Waals surface area contributed by atoms with Crippen molar-refractivity contribution < 1.29 is 0 Å². The third kappa shape index (κ3) is 1.35. The summed E-state index contributed by atoms with van der Waals surface area (Å²) in [5.74, 6) is 0.522. The maximum absolute atomic E-state index is 5.92. The molecule has 0 aliphatic heterocycles. The molecule has 0 aromatic carbocycles. The number of rotatable bonds is 1. The molecule has 0 radical (unpaired) electrons. The van der Waals surface area contributed by atoms with Crippen LogP contribution in [0.2, 0.25) is 5.02 Å². The number of nitrogens with zero attached hydrogens (tertiary/aromatic N) is 1. The van der Waals surface area contributed by atoms with E-state index in [0.717, 1.165) is 5.02 Å². The summed E-state index contributed by atoms with van der Waals surface area (Å²) in [6.45, 7) is 4.28. The zero-order valence-electron chi connectivity index (χ0n) is 6.56. The lowest BCUT2D eigenvalue weighted by molar-refractivity contribution is 0.849. The minimum Gasteiger partial charge on any atom is -0.355 e. The Kier molecular flexibility index (Phi) is 2.05. The van der Waals surface area contributed by atoms with Crippen LogP contribution in [0.3, 0.4) is 0 Å². The van der Waals surface area contributed by atoms with Crippen LogP contribution < -0.4 is 0 Å². The number of hydrogen-bond acceptors (Lipinski definition) is 0. The molecule has 1 nitrogen and oxygen atoms in total. The highest BCUT2D eigenvalue weighted by molar-refractivity contribution is 6.31. The van der Waals surface area contributed by atoms with Gasteiger partial charge >= 0.3 is 0 Å². The van der Waals surface area contributed by atoms with E-state index >= 15 is 0 Å². The van der Waals surface area contributed by atoms with Gasteiger partial charge in [-0.1, -0.05) is 25.4 Å². The van der Waals surface area contributed by atoms with E-state index in [1.54, 1.807) is 0 Å². The minimum absolute atomic E-state index is 0.522. The lowest BCUT2D eigenvalue weighted by Crippen LogP contribution is -1.84. The van der Waals surface area contributed by atoms with E-state index in [2.05, 4.69) is 20.0 Å². The van der Waals surface area contributed by atoms with E-state index in [1.807, 2.05) is 17.8 Å². The highest BCUT2D eigenvalue weighted by Crippen LogP contribution is 2.23. The molecular formula is C8H12ClN. The molecule has 1 rings (SSSR count). The van der Waals surface area contributed by atoms with Gasteiger partial charge < -0.3 is 4.57 Å². The van der Waals surface area contributed by atoms with Gasteiger partial charge in [-0.2, -0.15) is 0 Å². The number of aromatic nitrogens is 1. The molecule has 0 bridgehead atoms. The summed E-state index contributed by atoms with van der Waals surface area (Å²) in [6, 6.07) is 0. The molecule has 1 heterocycles. The first-order chi connectivity index (χ1) is 4.61. The number of aryl methyl sites for hydroxylation is 1. The highest BCUT2D eigenvalue weighted by atomic mass is 35.5. The Balaban J connectivity index is 3.03. The van der Waals surface area contributed by atoms with Crippen molar-refractivity contribution in [1.82, 2.24) is 4.57 Å². The lowest BCUT2D eigenvalue weighted by Gasteiger charge is -1.99. The molecule has 0 atom stereocenters. The van der Waals surface area contributed by atoms with Crippen LogP contribution in [-0.4, -0.2) is 4.57 Å². The van der Waals surface area contributed by atoms with Crippen molar-refractivity contribution in [2.75, 3.05) is 0 Å². The van der Waals surface area contributed by atoms with Gasteiger partial charge in [-0.05, 0) is 11.5 Å². The Morgan fingerprint density at radius 1 is 1.40 bits per heavy atom. The molecule has 0 saturated carbocycles. The Morgan fingerprint density at radius 2 is 2.00 bits per heavy atom. The Bertz CT molecular complexity index is 225. The van der Waals surface area contributed by atoms with Crippen LogP contribution in [0.5, 0.6) is 0 Å². The topological polar surface area (TPSA) is 4.93 Å². The van der Waals surface area contributed by atoms with Gasteiger partial charge in [0.1, 0.15) is 0 Å². The highest BCUT2D eigenvalue weighted by Gasteiger charge is 2.05. The molecular weight excluding hydrogens is 146 g/mol. The van der Waals surface area contributed by atoms with Crippen molar-refractivity contribution in [2.45, 2.75) is 19.8 Å². The van der Waals surface area contributed by atoms with Gasteiger partial charge in [-0.15, -0.1) is 0 Å². The predicted molar refractivity (Wildman–Crippen MR) is 44.5 cm³/mol. The standard InChI is InChI=1S/C8H12ClN/c1-6(2)7-4-10(3)5-8(7)9/h4-6H,1-3H3. The van der Waals surface area contributed by atoms with Crippen LogP contribution in [0.15, 0.2) is 12.4 Å². The monoisotopic (exact) mass is 157 g/mol. The normalized spacial score (nSPS) is 10.9. The van der Waals surface area contributed by atoms with Crippen molar-refractivity contribution in [2.24, 2.45) is 7.05 Å². The van der Waals surface area contributed by atoms with Crippen LogP contribution in [0.25, 0.3) is 0 Å². The molecule has 0 aliphatic rings. The van der Waals surface area contributed by atoms with Crippen LogP contribution >= 0.6 is 11.6 Å². The first-order valence-corrected chi connectivity index (χ1v) is 3.80. The van der Waals surface area contributed by atoms with Crippen molar-refractivity contribution in [3.8, 4) is 0 Å². The fraction of sp³-hybridized carbons (Fsp3) is 0.500. The summed E-state index contributed by atoms with van der Waals surface area (Å²) < 4.78 is 1.98. The first kappa shape index (κ1) is 7.67. The lowest BCUT2D eigenvalue weighted by atomic mass is 10.1. The first-order valence-electron chi connectivity index (χ1n) is 3.42. The molecule has 0 aliphatic carbocycles. The van der Waals surface area contributed by atoms with Crippen LogP contribution in [0.4, 0.5) is 0 Å². The van der Waals surface area contributed by atoms with E-state index in [9.17, 15) is 0 Å². The minimum atomic E-state index is 0.522. The molecule has 0 N–H and O–H groups in total. The van der Waals surface area contributed by atoms with Crippen LogP contribution in [0, 0.1) is 0 Å². The van der Waals surface area contributed by atoms with Gasteiger partial charge in [-0.25, -0.2) is 0 Å². The summed E-state index contributed by atoms with van der Waals surface area (Å²) >= 11 is 5.92. The van der Waals surface area contributed by atoms with Gasteiger partial charge in [0.05, 0.1) is 5.02 Å². The summed E-state index contributed by atoms with van der Waals surface area (Å²) in [5.41, 5.74) is 1.23. The zero-order chi connectivity index (χ0) is 7.72. The molecule has 10 heavy (non-hydrogen) atoms. The third-order valence-corrected chi connectivity index (χ3v) is 1.87. The fourth-order valence-corrected chi connectivity index (χ4v) is 1.42. The molecule has 0 unspecified atom stereocenters. The van der Waals surface area contributed by atoms with Crippen LogP contribution in [0.1, 0.15) is 25.3 Å². The molecule has 0 spiro atoms.